The lowest BCUT2D eigenvalue weighted by molar-refractivity contribution is -0.660. The molecule has 0 N–H and O–H groups in total. The number of benzene rings is 3. The Hall–Kier alpha value is -3.19. The van der Waals surface area contributed by atoms with Gasteiger partial charge in [0.15, 0.2) is 6.20 Å². The van der Waals surface area contributed by atoms with Crippen LogP contribution in [0.15, 0.2) is 72.9 Å². The minimum Gasteiger partial charge on any atom is -0.201 e. The summed E-state index contributed by atoms with van der Waals surface area (Å²) in [4.78, 5) is 0. The van der Waals surface area contributed by atoms with E-state index in [1.165, 1.54) is 46.2 Å². The van der Waals surface area contributed by atoms with Gasteiger partial charge in [-0.2, -0.15) is 0 Å². The highest BCUT2D eigenvalue weighted by Crippen LogP contribution is 2.57. The summed E-state index contributed by atoms with van der Waals surface area (Å²) in [5, 5.41) is 0. The second kappa shape index (κ2) is 7.42. The van der Waals surface area contributed by atoms with Crippen molar-refractivity contribution in [3.05, 3.63) is 101 Å². The second-order valence-corrected chi connectivity index (χ2v) is 10.0. The molecule has 1 spiro atoms. The van der Waals surface area contributed by atoms with Crippen molar-refractivity contribution in [2.75, 3.05) is 0 Å². The molecule has 164 valence electrons. The quantitative estimate of drug-likeness (QED) is 0.286. The van der Waals surface area contributed by atoms with E-state index in [0.29, 0.717) is 5.56 Å². The molecule has 2 aliphatic carbocycles. The van der Waals surface area contributed by atoms with Crippen LogP contribution in [0.1, 0.15) is 57.6 Å². The molecule has 33 heavy (non-hydrogen) atoms. The Morgan fingerprint density at radius 1 is 0.758 bits per heavy atom. The van der Waals surface area contributed by atoms with Crippen molar-refractivity contribution in [1.29, 1.82) is 0 Å². The molecule has 4 aromatic rings. The topological polar surface area (TPSA) is 3.88 Å². The van der Waals surface area contributed by atoms with E-state index >= 15 is 0 Å². The SMILES string of the molecule is [2H]C([2H])([2H])c1c[n+](C)c(-c2ccccc2C)cc1-c1ccc2c(c1)C1(CCCC1)c1cc(C)ccc1-2. The van der Waals surface area contributed by atoms with Crippen LogP contribution in [0, 0.1) is 20.7 Å². The average Bonchev–Trinajstić information content (AvgIpc) is 3.43. The van der Waals surface area contributed by atoms with Gasteiger partial charge in [-0.1, -0.05) is 66.9 Å². The van der Waals surface area contributed by atoms with Gasteiger partial charge in [0.25, 0.3) is 0 Å². The Balaban J connectivity index is 1.59. The predicted octanol–water partition coefficient (Wildman–Crippen LogP) is 7.61. The zero-order chi connectivity index (χ0) is 25.2. The molecule has 0 radical (unpaired) electrons. The summed E-state index contributed by atoms with van der Waals surface area (Å²) in [7, 11) is 1.94. The average molecular weight is 434 g/mol. The van der Waals surface area contributed by atoms with Crippen LogP contribution in [0.3, 0.4) is 0 Å². The summed E-state index contributed by atoms with van der Waals surface area (Å²) in [6, 6.07) is 23.9. The molecule has 1 fully saturated rings. The lowest BCUT2D eigenvalue weighted by Gasteiger charge is -2.27. The highest BCUT2D eigenvalue weighted by molar-refractivity contribution is 5.85. The van der Waals surface area contributed by atoms with Gasteiger partial charge in [-0.15, -0.1) is 0 Å². The van der Waals surface area contributed by atoms with Crippen LogP contribution < -0.4 is 4.57 Å². The largest absolute Gasteiger partial charge is 0.213 e. The van der Waals surface area contributed by atoms with E-state index in [-0.39, 0.29) is 5.41 Å². The fourth-order valence-electron chi connectivity index (χ4n) is 6.31. The van der Waals surface area contributed by atoms with E-state index in [1.807, 2.05) is 23.7 Å². The molecule has 0 aliphatic heterocycles. The fraction of sp³-hybridized carbons (Fsp3) is 0.281. The molecule has 1 saturated carbocycles. The van der Waals surface area contributed by atoms with E-state index in [1.54, 1.807) is 6.20 Å². The lowest BCUT2D eigenvalue weighted by Crippen LogP contribution is -2.31. The van der Waals surface area contributed by atoms with E-state index in [4.69, 9.17) is 4.11 Å². The van der Waals surface area contributed by atoms with Gasteiger partial charge >= 0.3 is 0 Å². The van der Waals surface area contributed by atoms with Crippen molar-refractivity contribution in [2.24, 2.45) is 7.05 Å². The Kier molecular flexibility index (Phi) is 3.89. The minimum absolute atomic E-state index is 0.0468. The van der Waals surface area contributed by atoms with Crippen molar-refractivity contribution < 1.29 is 8.68 Å². The maximum absolute atomic E-state index is 8.34. The molecule has 0 bridgehead atoms. The molecule has 1 nitrogen and oxygen atoms in total. The first kappa shape index (κ1) is 17.3. The van der Waals surface area contributed by atoms with Gasteiger partial charge in [0, 0.05) is 26.7 Å². The zero-order valence-corrected chi connectivity index (χ0v) is 19.7. The minimum atomic E-state index is -2.21. The van der Waals surface area contributed by atoms with E-state index in [9.17, 15) is 0 Å². The van der Waals surface area contributed by atoms with Crippen LogP contribution in [-0.2, 0) is 12.5 Å². The molecule has 0 atom stereocenters. The number of nitrogens with zero attached hydrogens (tertiary/aromatic N) is 1. The van der Waals surface area contributed by atoms with Crippen LogP contribution in [-0.4, -0.2) is 0 Å². The zero-order valence-electron chi connectivity index (χ0n) is 22.7. The fourth-order valence-corrected chi connectivity index (χ4v) is 6.31. The summed E-state index contributed by atoms with van der Waals surface area (Å²) < 4.78 is 27.0. The molecule has 1 heterocycles. The first-order valence-corrected chi connectivity index (χ1v) is 12.1. The number of aromatic nitrogens is 1. The first-order chi connectivity index (χ1) is 17.2. The molecule has 3 aromatic carbocycles. The molecule has 2 aliphatic rings. The maximum Gasteiger partial charge on any atom is 0.213 e. The number of hydrogen-bond acceptors (Lipinski definition) is 0. The molecule has 1 aromatic heterocycles. The Morgan fingerprint density at radius 2 is 1.48 bits per heavy atom. The first-order valence-electron chi connectivity index (χ1n) is 13.6. The van der Waals surface area contributed by atoms with Crippen molar-refractivity contribution in [2.45, 2.75) is 51.8 Å². The number of aryl methyl sites for hydroxylation is 4. The van der Waals surface area contributed by atoms with Gasteiger partial charge < -0.3 is 0 Å². The third-order valence-electron chi connectivity index (χ3n) is 7.98. The molecule has 0 saturated heterocycles. The lowest BCUT2D eigenvalue weighted by atomic mass is 9.76. The smallest absolute Gasteiger partial charge is 0.201 e. The number of rotatable bonds is 2. The van der Waals surface area contributed by atoms with E-state index in [2.05, 4.69) is 68.4 Å². The summed E-state index contributed by atoms with van der Waals surface area (Å²) in [5.74, 6) is 0. The van der Waals surface area contributed by atoms with Crippen LogP contribution in [0.2, 0.25) is 0 Å². The Bertz CT molecular complexity index is 1510. The molecule has 0 unspecified atom stereocenters. The normalized spacial score (nSPS) is 17.4. The van der Waals surface area contributed by atoms with Crippen LogP contribution in [0.25, 0.3) is 33.5 Å². The standard InChI is InChI=1S/C32H32N/c1-21-11-13-26-27-14-12-24(18-30(27)32(29(26)17-21)15-7-8-16-32)28-19-31(33(4)20-23(28)3)25-10-6-5-9-22(25)2/h5-6,9-14,17-20H,7-8,15-16H2,1-4H3/q+1/i3D3. The molecule has 0 amide bonds. The Morgan fingerprint density at radius 3 is 2.24 bits per heavy atom. The summed E-state index contributed by atoms with van der Waals surface area (Å²) in [5.41, 5.74) is 12.3. The molecule has 1 heteroatoms. The monoisotopic (exact) mass is 433 g/mol. The third kappa shape index (κ3) is 3.02. The third-order valence-corrected chi connectivity index (χ3v) is 7.98. The molecule has 6 rings (SSSR count). The highest BCUT2D eigenvalue weighted by Gasteiger charge is 2.45. The highest BCUT2D eigenvalue weighted by atomic mass is 14.9. The van der Waals surface area contributed by atoms with Crippen molar-refractivity contribution in [1.82, 2.24) is 0 Å². The molecular weight excluding hydrogens is 398 g/mol. The number of pyridine rings is 1. The van der Waals surface area contributed by atoms with Crippen LogP contribution >= 0.6 is 0 Å². The predicted molar refractivity (Wildman–Crippen MR) is 137 cm³/mol. The van der Waals surface area contributed by atoms with Crippen LogP contribution in [0.4, 0.5) is 0 Å². The maximum atomic E-state index is 8.34. The summed E-state index contributed by atoms with van der Waals surface area (Å²) in [6.45, 7) is 2.07. The molecular formula is C32H32N+. The van der Waals surface area contributed by atoms with Crippen molar-refractivity contribution in [3.8, 4) is 33.5 Å². The van der Waals surface area contributed by atoms with E-state index < -0.39 is 6.85 Å². The van der Waals surface area contributed by atoms with Crippen LogP contribution in [0.5, 0.6) is 0 Å². The summed E-state index contributed by atoms with van der Waals surface area (Å²) >= 11 is 0. The van der Waals surface area contributed by atoms with Crippen molar-refractivity contribution >= 4 is 0 Å². The summed E-state index contributed by atoms with van der Waals surface area (Å²) in [6.07, 6.45) is 6.58. The number of fused-ring (bicyclic) bond motifs is 5. The van der Waals surface area contributed by atoms with Gasteiger partial charge in [0.05, 0.1) is 0 Å². The number of hydrogen-bond donors (Lipinski definition) is 0. The van der Waals surface area contributed by atoms with Gasteiger partial charge in [0.1, 0.15) is 7.05 Å². The second-order valence-electron chi connectivity index (χ2n) is 10.0. The van der Waals surface area contributed by atoms with Gasteiger partial charge in [-0.3, -0.25) is 0 Å². The van der Waals surface area contributed by atoms with Gasteiger partial charge in [-0.25, -0.2) is 4.57 Å². The van der Waals surface area contributed by atoms with E-state index in [0.717, 1.165) is 35.2 Å². The Labute approximate surface area is 202 Å². The van der Waals surface area contributed by atoms with Gasteiger partial charge in [0.2, 0.25) is 5.69 Å². The van der Waals surface area contributed by atoms with Crippen molar-refractivity contribution in [3.63, 3.8) is 0 Å². The van der Waals surface area contributed by atoms with Gasteiger partial charge in [-0.05, 0) is 84.6 Å².